The lowest BCUT2D eigenvalue weighted by Gasteiger charge is -1.61. The van der Waals surface area contributed by atoms with E-state index in [1.165, 1.54) is 0 Å². The Morgan fingerprint density at radius 2 is 2.40 bits per heavy atom. The number of nitrogens with one attached hydrogen (secondary N) is 1. The molecule has 0 saturated carbocycles. The van der Waals surface area contributed by atoms with Crippen LogP contribution in [0.2, 0.25) is 0 Å². The summed E-state index contributed by atoms with van der Waals surface area (Å²) in [5.74, 6) is 0. The van der Waals surface area contributed by atoms with Gasteiger partial charge in [0, 0.05) is 0 Å². The van der Waals surface area contributed by atoms with E-state index in [0.29, 0.717) is 0 Å². The van der Waals surface area contributed by atoms with Crippen LogP contribution < -0.4 is 5.26 Å². The average molecular weight is 70.1 g/mol. The van der Waals surface area contributed by atoms with Crippen molar-refractivity contribution in [2.24, 2.45) is 0 Å². The zero-order chi connectivity index (χ0) is 4.12. The summed E-state index contributed by atoms with van der Waals surface area (Å²) < 4.78 is 0. The van der Waals surface area contributed by atoms with Gasteiger partial charge < -0.3 is 0 Å². The minimum absolute atomic E-state index is 0.806. The van der Waals surface area contributed by atoms with Gasteiger partial charge in [-0.2, -0.15) is 0 Å². The summed E-state index contributed by atoms with van der Waals surface area (Å²) in [6, 6.07) is 2.27. The Bertz CT molecular complexity index is 42.1. The summed E-state index contributed by atoms with van der Waals surface area (Å²) in [6.45, 7) is 2.03. The molecule has 0 saturated heterocycles. The molecule has 1 heteroatoms. The monoisotopic (exact) mass is 70.1 g/mol. The van der Waals surface area contributed by atoms with Crippen molar-refractivity contribution in [2.75, 3.05) is 0 Å². The maximum atomic E-state index is 6.35. The predicted octanol–water partition coefficient (Wildman–Crippen LogP) is -0.441. The van der Waals surface area contributed by atoms with Gasteiger partial charge in [0.2, 0.25) is 0 Å². The van der Waals surface area contributed by atoms with Crippen LogP contribution in [0.5, 0.6) is 0 Å². The lowest BCUT2D eigenvalue weighted by Crippen LogP contribution is -2.16. The van der Waals surface area contributed by atoms with E-state index >= 15 is 0 Å². The Kier molecular flexibility index (Phi) is 3.13. The molecule has 0 aromatic rings. The Balaban J connectivity index is 2.48. The summed E-state index contributed by atoms with van der Waals surface area (Å²) in [6.07, 6.45) is 1.85. The molecule has 0 rings (SSSR count). The van der Waals surface area contributed by atoms with Gasteiger partial charge in [-0.05, 0) is 6.42 Å². The maximum Gasteiger partial charge on any atom is 0.270 e. The van der Waals surface area contributed by atoms with Crippen LogP contribution in [0.1, 0.15) is 19.8 Å². The number of hydrogen-bond donors (Lipinski definition) is 1. The normalized spacial score (nSPS) is 6.40. The van der Waals surface area contributed by atoms with E-state index in [1.807, 2.05) is 6.92 Å². The van der Waals surface area contributed by atoms with Gasteiger partial charge in [-0.25, -0.2) is 0 Å². The fourth-order valence-electron chi connectivity index (χ4n) is 0.125. The molecular weight excluding hydrogens is 62.1 g/mol. The third-order valence-electron chi connectivity index (χ3n) is 0.375. The molecule has 0 atom stereocenters. The minimum atomic E-state index is 0.806. The number of unbranched alkanes of at least 4 members (excludes halogenated alkanes) is 1. The average Bonchev–Trinajstić information content (AvgIpc) is 1.41. The molecule has 0 amide bonds. The van der Waals surface area contributed by atoms with E-state index in [-0.39, 0.29) is 0 Å². The number of rotatable bonds is 1. The lowest BCUT2D eigenvalue weighted by atomic mass is 10.4. The maximum absolute atomic E-state index is 6.35. The highest BCUT2D eigenvalue weighted by atomic mass is 14.2. The van der Waals surface area contributed by atoms with Gasteiger partial charge in [0.15, 0.2) is 0 Å². The van der Waals surface area contributed by atoms with Crippen LogP contribution in [0.4, 0.5) is 0 Å². The molecule has 0 heterocycles. The van der Waals surface area contributed by atoms with Crippen LogP contribution in [-0.2, 0) is 0 Å². The summed E-state index contributed by atoms with van der Waals surface area (Å²) in [5.41, 5.74) is 0. The smallest absolute Gasteiger partial charge is 0.102 e. The van der Waals surface area contributed by atoms with E-state index in [0.717, 1.165) is 12.8 Å². The standard InChI is InChI=1S/C4H7N/c1-2-3-4-5/h2-3H2,1H3/p+1. The fraction of sp³-hybridized carbons (Fsp3) is 0.750. The molecular formula is C4H8N+. The first-order valence-electron chi connectivity index (χ1n) is 1.81. The van der Waals surface area contributed by atoms with Gasteiger partial charge in [-0.15, -0.1) is 5.26 Å². The van der Waals surface area contributed by atoms with E-state index < -0.39 is 0 Å². The van der Waals surface area contributed by atoms with Crippen molar-refractivity contribution in [3.8, 4) is 6.07 Å². The largest absolute Gasteiger partial charge is 0.270 e. The van der Waals surface area contributed by atoms with Crippen LogP contribution in [0.3, 0.4) is 0 Å². The molecule has 1 nitrogen and oxygen atoms in total. The van der Waals surface area contributed by atoms with Crippen LogP contribution in [0.25, 0.3) is 0 Å². The molecule has 1 N–H and O–H groups in total. The van der Waals surface area contributed by atoms with Crippen molar-refractivity contribution >= 4 is 0 Å². The molecule has 0 unspecified atom stereocenters. The fourth-order valence-corrected chi connectivity index (χ4v) is 0.125. The van der Waals surface area contributed by atoms with Gasteiger partial charge in [0.05, 0.1) is 6.42 Å². The van der Waals surface area contributed by atoms with Gasteiger partial charge in [0.1, 0.15) is 0 Å². The van der Waals surface area contributed by atoms with Gasteiger partial charge in [-0.3, -0.25) is 0 Å². The summed E-state index contributed by atoms with van der Waals surface area (Å²) >= 11 is 0. The predicted molar refractivity (Wildman–Crippen MR) is 19.8 cm³/mol. The SMILES string of the molecule is CCCC#[NH+]. The molecule has 0 bridgehead atoms. The van der Waals surface area contributed by atoms with Crippen LogP contribution >= 0.6 is 0 Å². The second kappa shape index (κ2) is 3.49. The van der Waals surface area contributed by atoms with Crippen LogP contribution in [0, 0.1) is 6.07 Å². The van der Waals surface area contributed by atoms with E-state index in [2.05, 4.69) is 6.07 Å². The Morgan fingerprint density at radius 3 is 2.40 bits per heavy atom. The highest BCUT2D eigenvalue weighted by Crippen LogP contribution is 1.76. The third kappa shape index (κ3) is 3.49. The first kappa shape index (κ1) is 4.49. The summed E-state index contributed by atoms with van der Waals surface area (Å²) in [7, 11) is 0. The van der Waals surface area contributed by atoms with E-state index in [1.54, 1.807) is 0 Å². The Morgan fingerprint density at radius 1 is 1.80 bits per heavy atom. The quantitative estimate of drug-likeness (QED) is 0.432. The molecule has 5 heavy (non-hydrogen) atoms. The third-order valence-corrected chi connectivity index (χ3v) is 0.375. The van der Waals surface area contributed by atoms with Crippen molar-refractivity contribution in [3.63, 3.8) is 0 Å². The summed E-state index contributed by atoms with van der Waals surface area (Å²) in [5, 5.41) is 6.35. The molecule has 0 spiro atoms. The van der Waals surface area contributed by atoms with Crippen molar-refractivity contribution < 1.29 is 5.26 Å². The molecule has 0 aromatic carbocycles. The van der Waals surface area contributed by atoms with Crippen molar-refractivity contribution in [1.82, 2.24) is 0 Å². The molecule has 28 valence electrons. The zero-order valence-electron chi connectivity index (χ0n) is 3.41. The van der Waals surface area contributed by atoms with Gasteiger partial charge in [-0.1, -0.05) is 6.92 Å². The second-order valence-corrected chi connectivity index (χ2v) is 0.927. The lowest BCUT2D eigenvalue weighted by molar-refractivity contribution is -0.0947. The molecule has 0 aromatic heterocycles. The second-order valence-electron chi connectivity index (χ2n) is 0.927. The minimum Gasteiger partial charge on any atom is -0.102 e. The van der Waals surface area contributed by atoms with Crippen LogP contribution in [0.15, 0.2) is 0 Å². The topological polar surface area (TPSA) is 23.8 Å². The zero-order valence-corrected chi connectivity index (χ0v) is 3.41. The Labute approximate surface area is 32.2 Å². The highest BCUT2D eigenvalue weighted by molar-refractivity contribution is 4.62. The molecule has 0 fully saturated rings. The molecule has 0 aliphatic carbocycles. The van der Waals surface area contributed by atoms with Crippen molar-refractivity contribution in [2.45, 2.75) is 19.8 Å². The molecule has 0 radical (unpaired) electrons. The van der Waals surface area contributed by atoms with Crippen LogP contribution in [-0.4, -0.2) is 0 Å². The van der Waals surface area contributed by atoms with Crippen molar-refractivity contribution in [3.05, 3.63) is 0 Å². The first-order chi connectivity index (χ1) is 2.41. The van der Waals surface area contributed by atoms with E-state index in [9.17, 15) is 0 Å². The highest BCUT2D eigenvalue weighted by Gasteiger charge is 1.72. The van der Waals surface area contributed by atoms with Gasteiger partial charge in [0.25, 0.3) is 6.07 Å². The van der Waals surface area contributed by atoms with E-state index in [4.69, 9.17) is 5.26 Å². The number of hydrogen-bond acceptors (Lipinski definition) is 0. The molecule has 0 aliphatic rings. The Hall–Kier alpha value is -0.510. The van der Waals surface area contributed by atoms with Gasteiger partial charge >= 0.3 is 0 Å². The first-order valence-corrected chi connectivity index (χ1v) is 1.81. The summed E-state index contributed by atoms with van der Waals surface area (Å²) in [4.78, 5) is 0. The van der Waals surface area contributed by atoms with Crippen molar-refractivity contribution in [1.29, 1.82) is 0 Å². The molecule has 0 aliphatic heterocycles.